The molecule has 0 atom stereocenters. The molecule has 0 saturated heterocycles. The lowest BCUT2D eigenvalue weighted by molar-refractivity contribution is 0.302. The first-order chi connectivity index (χ1) is 10.1. The third-order valence-corrected chi connectivity index (χ3v) is 2.96. The Kier molecular flexibility index (Phi) is 4.82. The third-order valence-electron chi connectivity index (χ3n) is 2.96. The number of ether oxygens (including phenoxy) is 2. The van der Waals surface area contributed by atoms with E-state index in [1.54, 1.807) is 6.07 Å². The highest BCUT2D eigenvalue weighted by atomic mass is 16.5. The summed E-state index contributed by atoms with van der Waals surface area (Å²) in [6.07, 6.45) is 0.928. The van der Waals surface area contributed by atoms with Gasteiger partial charge in [-0.3, -0.25) is 5.41 Å². The van der Waals surface area contributed by atoms with Crippen LogP contribution in [-0.4, -0.2) is 12.4 Å². The highest BCUT2D eigenvalue weighted by Crippen LogP contribution is 2.33. The first-order valence-corrected chi connectivity index (χ1v) is 6.96. The highest BCUT2D eigenvalue weighted by molar-refractivity contribution is 5.97. The molecular weight excluding hydrogens is 264 g/mol. The van der Waals surface area contributed by atoms with Crippen LogP contribution in [0.2, 0.25) is 0 Å². The van der Waals surface area contributed by atoms with Crippen molar-refractivity contribution in [3.63, 3.8) is 0 Å². The van der Waals surface area contributed by atoms with Gasteiger partial charge in [0.05, 0.1) is 12.2 Å². The highest BCUT2D eigenvalue weighted by Gasteiger charge is 2.11. The quantitative estimate of drug-likeness (QED) is 0.625. The largest absolute Gasteiger partial charge is 0.490 e. The van der Waals surface area contributed by atoms with Gasteiger partial charge >= 0.3 is 0 Å². The Hall–Kier alpha value is -2.49. The SMILES string of the molecule is CCCOc1ccccc1Oc1cc(C)ccc1C(=N)N. The minimum atomic E-state index is -0.0167. The van der Waals surface area contributed by atoms with Crippen molar-refractivity contribution in [2.24, 2.45) is 5.73 Å². The Morgan fingerprint density at radius 2 is 1.81 bits per heavy atom. The summed E-state index contributed by atoms with van der Waals surface area (Å²) in [5.41, 5.74) is 7.23. The van der Waals surface area contributed by atoms with E-state index in [0.29, 0.717) is 29.4 Å². The van der Waals surface area contributed by atoms with Crippen LogP contribution in [0.15, 0.2) is 42.5 Å². The lowest BCUT2D eigenvalue weighted by atomic mass is 10.1. The molecule has 0 aromatic heterocycles. The molecule has 0 fully saturated rings. The topological polar surface area (TPSA) is 68.3 Å². The Bertz CT molecular complexity index is 638. The molecule has 0 unspecified atom stereocenters. The molecule has 2 rings (SSSR count). The van der Waals surface area contributed by atoms with Crippen molar-refractivity contribution in [1.29, 1.82) is 5.41 Å². The van der Waals surface area contributed by atoms with E-state index in [1.807, 2.05) is 43.3 Å². The second-order valence-corrected chi connectivity index (χ2v) is 4.81. The number of nitrogens with two attached hydrogens (primary N) is 1. The Morgan fingerprint density at radius 1 is 1.10 bits per heavy atom. The van der Waals surface area contributed by atoms with Gasteiger partial charge in [-0.1, -0.05) is 25.1 Å². The smallest absolute Gasteiger partial charge is 0.169 e. The van der Waals surface area contributed by atoms with Crippen molar-refractivity contribution in [3.8, 4) is 17.2 Å². The number of rotatable bonds is 6. The predicted molar refractivity (Wildman–Crippen MR) is 84.5 cm³/mol. The molecule has 0 amide bonds. The van der Waals surface area contributed by atoms with Crippen molar-refractivity contribution in [2.75, 3.05) is 6.61 Å². The van der Waals surface area contributed by atoms with Crippen LogP contribution >= 0.6 is 0 Å². The second-order valence-electron chi connectivity index (χ2n) is 4.81. The average Bonchev–Trinajstić information content (AvgIpc) is 2.46. The Labute approximate surface area is 125 Å². The maximum absolute atomic E-state index is 7.64. The van der Waals surface area contributed by atoms with Gasteiger partial charge in [-0.2, -0.15) is 0 Å². The summed E-state index contributed by atoms with van der Waals surface area (Å²) in [5, 5.41) is 7.64. The number of amidine groups is 1. The Balaban J connectivity index is 2.34. The van der Waals surface area contributed by atoms with E-state index >= 15 is 0 Å². The minimum Gasteiger partial charge on any atom is -0.490 e. The second kappa shape index (κ2) is 6.79. The molecule has 0 heterocycles. The van der Waals surface area contributed by atoms with Crippen molar-refractivity contribution in [1.82, 2.24) is 0 Å². The monoisotopic (exact) mass is 284 g/mol. The molecule has 2 aromatic carbocycles. The number of aryl methyl sites for hydroxylation is 1. The molecule has 3 N–H and O–H groups in total. The van der Waals surface area contributed by atoms with Crippen molar-refractivity contribution >= 4 is 5.84 Å². The predicted octanol–water partition coefficient (Wildman–Crippen LogP) is 3.86. The first kappa shape index (κ1) is 14.9. The van der Waals surface area contributed by atoms with E-state index < -0.39 is 0 Å². The first-order valence-electron chi connectivity index (χ1n) is 6.96. The van der Waals surface area contributed by atoms with Gasteiger partial charge in [0.2, 0.25) is 0 Å². The van der Waals surface area contributed by atoms with Gasteiger partial charge in [-0.15, -0.1) is 0 Å². The fourth-order valence-corrected chi connectivity index (χ4v) is 1.92. The van der Waals surface area contributed by atoms with E-state index in [0.717, 1.165) is 12.0 Å². The zero-order valence-corrected chi connectivity index (χ0v) is 12.3. The van der Waals surface area contributed by atoms with Gasteiger partial charge in [0.25, 0.3) is 0 Å². The van der Waals surface area contributed by atoms with Crippen molar-refractivity contribution in [3.05, 3.63) is 53.6 Å². The molecule has 0 radical (unpaired) electrons. The molecule has 0 aliphatic carbocycles. The van der Waals surface area contributed by atoms with Crippen LogP contribution in [0.25, 0.3) is 0 Å². The minimum absolute atomic E-state index is 0.0167. The molecule has 0 bridgehead atoms. The van der Waals surface area contributed by atoms with E-state index in [4.69, 9.17) is 20.6 Å². The summed E-state index contributed by atoms with van der Waals surface area (Å²) in [6, 6.07) is 13.1. The maximum Gasteiger partial charge on any atom is 0.169 e. The standard InChI is InChI=1S/C17H20N2O2/c1-3-10-20-14-6-4-5-7-15(14)21-16-11-12(2)8-9-13(16)17(18)19/h4-9,11H,3,10H2,1-2H3,(H3,18,19). The molecular formula is C17H20N2O2. The summed E-state index contributed by atoms with van der Waals surface area (Å²) in [7, 11) is 0. The van der Waals surface area contributed by atoms with Gasteiger partial charge in [0.15, 0.2) is 11.5 Å². The van der Waals surface area contributed by atoms with Gasteiger partial charge in [-0.25, -0.2) is 0 Å². The number of hydrogen-bond donors (Lipinski definition) is 2. The average molecular weight is 284 g/mol. The number of nitrogen functional groups attached to an aromatic ring is 1. The van der Waals surface area contributed by atoms with Crippen molar-refractivity contribution in [2.45, 2.75) is 20.3 Å². The van der Waals surface area contributed by atoms with Crippen LogP contribution in [0.3, 0.4) is 0 Å². The van der Waals surface area contributed by atoms with Gasteiger partial charge < -0.3 is 15.2 Å². The molecule has 4 heteroatoms. The van der Waals surface area contributed by atoms with Crippen LogP contribution in [0, 0.1) is 12.3 Å². The lowest BCUT2D eigenvalue weighted by Gasteiger charge is -2.14. The molecule has 0 aliphatic rings. The molecule has 0 aliphatic heterocycles. The van der Waals surface area contributed by atoms with Crippen molar-refractivity contribution < 1.29 is 9.47 Å². The third kappa shape index (κ3) is 3.75. The van der Waals surface area contributed by atoms with E-state index in [2.05, 4.69) is 6.92 Å². The summed E-state index contributed by atoms with van der Waals surface area (Å²) < 4.78 is 11.6. The Morgan fingerprint density at radius 3 is 2.48 bits per heavy atom. The number of para-hydroxylation sites is 2. The molecule has 0 saturated carbocycles. The zero-order chi connectivity index (χ0) is 15.2. The molecule has 2 aromatic rings. The summed E-state index contributed by atoms with van der Waals surface area (Å²) in [5.74, 6) is 1.86. The lowest BCUT2D eigenvalue weighted by Crippen LogP contribution is -2.12. The van der Waals surface area contributed by atoms with E-state index in [9.17, 15) is 0 Å². The fourth-order valence-electron chi connectivity index (χ4n) is 1.92. The fraction of sp³-hybridized carbons (Fsp3) is 0.235. The summed E-state index contributed by atoms with van der Waals surface area (Å²) in [4.78, 5) is 0. The van der Waals surface area contributed by atoms with Crippen LogP contribution < -0.4 is 15.2 Å². The van der Waals surface area contributed by atoms with Crippen LogP contribution in [0.1, 0.15) is 24.5 Å². The van der Waals surface area contributed by atoms with Gasteiger partial charge in [0.1, 0.15) is 11.6 Å². The van der Waals surface area contributed by atoms with E-state index in [1.165, 1.54) is 0 Å². The summed E-state index contributed by atoms with van der Waals surface area (Å²) in [6.45, 7) is 4.65. The number of hydrogen-bond acceptors (Lipinski definition) is 3. The molecule has 0 spiro atoms. The number of benzene rings is 2. The zero-order valence-electron chi connectivity index (χ0n) is 12.3. The van der Waals surface area contributed by atoms with Gasteiger partial charge in [0, 0.05) is 0 Å². The van der Waals surface area contributed by atoms with Gasteiger partial charge in [-0.05, 0) is 43.2 Å². The molecule has 21 heavy (non-hydrogen) atoms. The number of nitrogens with one attached hydrogen (secondary N) is 1. The summed E-state index contributed by atoms with van der Waals surface area (Å²) >= 11 is 0. The normalized spacial score (nSPS) is 10.2. The van der Waals surface area contributed by atoms with E-state index in [-0.39, 0.29) is 5.84 Å². The van der Waals surface area contributed by atoms with Crippen LogP contribution in [0.5, 0.6) is 17.2 Å². The molecule has 4 nitrogen and oxygen atoms in total. The molecule has 110 valence electrons. The van der Waals surface area contributed by atoms with Crippen LogP contribution in [-0.2, 0) is 0 Å². The maximum atomic E-state index is 7.64. The van der Waals surface area contributed by atoms with Crippen LogP contribution in [0.4, 0.5) is 0 Å².